The molecular weight excluding hydrogens is 276 g/mol. The van der Waals surface area contributed by atoms with Gasteiger partial charge in [-0.05, 0) is 60.9 Å². The molecule has 2 bridgehead atoms. The van der Waals surface area contributed by atoms with Gasteiger partial charge in [0.25, 0.3) is 0 Å². The van der Waals surface area contributed by atoms with E-state index in [2.05, 4.69) is 43.1 Å². The van der Waals surface area contributed by atoms with Crippen molar-refractivity contribution in [3.8, 4) is 0 Å². The number of piperidine rings is 1. The van der Waals surface area contributed by atoms with E-state index in [0.29, 0.717) is 16.9 Å². The summed E-state index contributed by atoms with van der Waals surface area (Å²) < 4.78 is 0. The van der Waals surface area contributed by atoms with Crippen molar-refractivity contribution in [2.24, 2.45) is 10.8 Å². The SMILES string of the molecule is CC1(C)C[C@H]2C[C@@](C)(CCN2C(=S)Nc2ccccc2)C1. The second-order valence-electron chi connectivity index (χ2n) is 7.95. The van der Waals surface area contributed by atoms with Gasteiger partial charge in [0.1, 0.15) is 0 Å². The maximum Gasteiger partial charge on any atom is 0.173 e. The first-order valence-electron chi connectivity index (χ1n) is 8.00. The van der Waals surface area contributed by atoms with E-state index >= 15 is 0 Å². The van der Waals surface area contributed by atoms with Gasteiger partial charge in [0, 0.05) is 18.3 Å². The fourth-order valence-electron chi connectivity index (χ4n) is 4.55. The Labute approximate surface area is 133 Å². The second-order valence-corrected chi connectivity index (χ2v) is 8.34. The van der Waals surface area contributed by atoms with Crippen LogP contribution >= 0.6 is 12.2 Å². The molecule has 3 rings (SSSR count). The Balaban J connectivity index is 1.73. The molecule has 1 heterocycles. The molecule has 2 nitrogen and oxygen atoms in total. The number of anilines is 1. The summed E-state index contributed by atoms with van der Waals surface area (Å²) in [5.41, 5.74) is 2.02. The fourth-order valence-corrected chi connectivity index (χ4v) is 4.90. The van der Waals surface area contributed by atoms with Crippen LogP contribution in [0, 0.1) is 10.8 Å². The Morgan fingerprint density at radius 1 is 1.19 bits per heavy atom. The molecule has 21 heavy (non-hydrogen) atoms. The number of hydrogen-bond donors (Lipinski definition) is 1. The zero-order valence-electron chi connectivity index (χ0n) is 13.4. The molecule has 1 saturated heterocycles. The monoisotopic (exact) mass is 302 g/mol. The minimum Gasteiger partial charge on any atom is -0.346 e. The molecule has 0 spiro atoms. The molecule has 1 aliphatic carbocycles. The lowest BCUT2D eigenvalue weighted by atomic mass is 9.59. The molecule has 0 amide bonds. The van der Waals surface area contributed by atoms with Gasteiger partial charge in [-0.2, -0.15) is 0 Å². The van der Waals surface area contributed by atoms with E-state index in [9.17, 15) is 0 Å². The van der Waals surface area contributed by atoms with Crippen LogP contribution in [0.25, 0.3) is 0 Å². The predicted molar refractivity (Wildman–Crippen MR) is 93.5 cm³/mol. The van der Waals surface area contributed by atoms with Crippen molar-refractivity contribution in [3.05, 3.63) is 30.3 Å². The van der Waals surface area contributed by atoms with Gasteiger partial charge in [0.15, 0.2) is 5.11 Å². The topological polar surface area (TPSA) is 15.3 Å². The summed E-state index contributed by atoms with van der Waals surface area (Å²) in [6.07, 6.45) is 5.14. The van der Waals surface area contributed by atoms with Gasteiger partial charge in [-0.3, -0.25) is 0 Å². The highest BCUT2D eigenvalue weighted by atomic mass is 32.1. The normalized spacial score (nSPS) is 30.8. The Hall–Kier alpha value is -1.09. The molecule has 2 aliphatic rings. The van der Waals surface area contributed by atoms with E-state index in [0.717, 1.165) is 17.3 Å². The molecule has 1 aromatic carbocycles. The van der Waals surface area contributed by atoms with Crippen molar-refractivity contribution in [2.75, 3.05) is 11.9 Å². The van der Waals surface area contributed by atoms with E-state index in [1.165, 1.54) is 25.7 Å². The Morgan fingerprint density at radius 3 is 2.62 bits per heavy atom. The molecule has 1 N–H and O–H groups in total. The Kier molecular flexibility index (Phi) is 3.73. The van der Waals surface area contributed by atoms with Crippen molar-refractivity contribution in [1.82, 2.24) is 4.90 Å². The quantitative estimate of drug-likeness (QED) is 0.759. The first-order valence-corrected chi connectivity index (χ1v) is 8.41. The number of thiocarbonyl (C=S) groups is 1. The van der Waals surface area contributed by atoms with Gasteiger partial charge in [-0.15, -0.1) is 0 Å². The van der Waals surface area contributed by atoms with Crippen LogP contribution in [-0.2, 0) is 0 Å². The van der Waals surface area contributed by atoms with Crippen molar-refractivity contribution in [2.45, 2.75) is 52.5 Å². The number of benzene rings is 1. The largest absolute Gasteiger partial charge is 0.346 e. The van der Waals surface area contributed by atoms with Gasteiger partial charge in [0.2, 0.25) is 0 Å². The Morgan fingerprint density at radius 2 is 1.90 bits per heavy atom. The predicted octanol–water partition coefficient (Wildman–Crippen LogP) is 4.67. The van der Waals surface area contributed by atoms with Crippen LogP contribution in [-0.4, -0.2) is 22.6 Å². The summed E-state index contributed by atoms with van der Waals surface area (Å²) in [4.78, 5) is 2.44. The molecule has 2 atom stereocenters. The van der Waals surface area contributed by atoms with Crippen LogP contribution in [0.1, 0.15) is 46.5 Å². The lowest BCUT2D eigenvalue weighted by Gasteiger charge is -2.55. The molecule has 1 aliphatic heterocycles. The summed E-state index contributed by atoms with van der Waals surface area (Å²) in [6.45, 7) is 8.38. The smallest absolute Gasteiger partial charge is 0.173 e. The second kappa shape index (κ2) is 5.28. The molecule has 3 heteroatoms. The highest BCUT2D eigenvalue weighted by Crippen LogP contribution is 2.51. The van der Waals surface area contributed by atoms with E-state index < -0.39 is 0 Å². The third kappa shape index (κ3) is 3.23. The standard InChI is InChI=1S/C18H26N2S/c1-17(2)11-15-12-18(3,13-17)9-10-20(15)16(21)19-14-7-5-4-6-8-14/h4-8,15H,9-13H2,1-3H3,(H,19,21)/t15-,18+/m0/s1. The lowest BCUT2D eigenvalue weighted by Crippen LogP contribution is -2.55. The van der Waals surface area contributed by atoms with Crippen molar-refractivity contribution >= 4 is 23.0 Å². The van der Waals surface area contributed by atoms with Crippen LogP contribution in [0.5, 0.6) is 0 Å². The molecule has 114 valence electrons. The maximum absolute atomic E-state index is 5.69. The number of rotatable bonds is 1. The molecule has 1 saturated carbocycles. The van der Waals surface area contributed by atoms with Crippen LogP contribution in [0.4, 0.5) is 5.69 Å². The number of nitrogens with one attached hydrogen (secondary N) is 1. The molecule has 1 aromatic rings. The van der Waals surface area contributed by atoms with Gasteiger partial charge >= 0.3 is 0 Å². The number of fused-ring (bicyclic) bond motifs is 2. The van der Waals surface area contributed by atoms with E-state index in [-0.39, 0.29) is 0 Å². The third-order valence-electron chi connectivity index (χ3n) is 5.10. The first-order chi connectivity index (χ1) is 9.87. The summed E-state index contributed by atoms with van der Waals surface area (Å²) in [5, 5.41) is 4.31. The van der Waals surface area contributed by atoms with Crippen LogP contribution < -0.4 is 5.32 Å². The number of nitrogens with zero attached hydrogens (tertiary/aromatic N) is 1. The summed E-state index contributed by atoms with van der Waals surface area (Å²) in [5.74, 6) is 0. The molecule has 0 unspecified atom stereocenters. The minimum atomic E-state index is 0.429. The zero-order chi connectivity index (χ0) is 15.1. The minimum absolute atomic E-state index is 0.429. The van der Waals surface area contributed by atoms with Gasteiger partial charge in [-0.25, -0.2) is 0 Å². The highest BCUT2D eigenvalue weighted by molar-refractivity contribution is 7.80. The molecule has 2 fully saturated rings. The number of para-hydroxylation sites is 1. The van der Waals surface area contributed by atoms with Crippen LogP contribution in [0.2, 0.25) is 0 Å². The van der Waals surface area contributed by atoms with E-state index in [1.807, 2.05) is 18.2 Å². The average molecular weight is 302 g/mol. The van der Waals surface area contributed by atoms with E-state index in [4.69, 9.17) is 12.2 Å². The fraction of sp³-hybridized carbons (Fsp3) is 0.611. The number of likely N-dealkylation sites (tertiary alicyclic amines) is 1. The van der Waals surface area contributed by atoms with Gasteiger partial charge in [0.05, 0.1) is 0 Å². The number of hydrogen-bond acceptors (Lipinski definition) is 1. The third-order valence-corrected chi connectivity index (χ3v) is 5.44. The van der Waals surface area contributed by atoms with E-state index in [1.54, 1.807) is 0 Å². The summed E-state index contributed by atoms with van der Waals surface area (Å²) in [6, 6.07) is 10.9. The summed E-state index contributed by atoms with van der Waals surface area (Å²) in [7, 11) is 0. The first kappa shape index (κ1) is 14.8. The van der Waals surface area contributed by atoms with Crippen LogP contribution in [0.3, 0.4) is 0 Å². The highest BCUT2D eigenvalue weighted by Gasteiger charge is 2.46. The Bertz CT molecular complexity index is 523. The van der Waals surface area contributed by atoms with Crippen molar-refractivity contribution in [1.29, 1.82) is 0 Å². The summed E-state index contributed by atoms with van der Waals surface area (Å²) >= 11 is 5.69. The molecule has 0 aromatic heterocycles. The maximum atomic E-state index is 5.69. The van der Waals surface area contributed by atoms with Crippen molar-refractivity contribution in [3.63, 3.8) is 0 Å². The lowest BCUT2D eigenvalue weighted by molar-refractivity contribution is -0.00575. The van der Waals surface area contributed by atoms with Crippen LogP contribution in [0.15, 0.2) is 30.3 Å². The molecular formula is C18H26N2S. The van der Waals surface area contributed by atoms with Crippen molar-refractivity contribution < 1.29 is 0 Å². The van der Waals surface area contributed by atoms with Gasteiger partial charge < -0.3 is 10.2 Å². The molecule has 0 radical (unpaired) electrons. The average Bonchev–Trinajstić information content (AvgIpc) is 2.37. The zero-order valence-corrected chi connectivity index (χ0v) is 14.2. The van der Waals surface area contributed by atoms with Gasteiger partial charge in [-0.1, -0.05) is 39.0 Å².